The van der Waals surface area contributed by atoms with E-state index in [0.29, 0.717) is 0 Å². The molecule has 0 spiro atoms. The Labute approximate surface area is 147 Å². The van der Waals surface area contributed by atoms with Crippen LogP contribution in [0.5, 0.6) is 0 Å². The summed E-state index contributed by atoms with van der Waals surface area (Å²) < 4.78 is 13.3. The molecule has 0 aliphatic carbocycles. The van der Waals surface area contributed by atoms with Gasteiger partial charge in [-0.1, -0.05) is 0 Å². The standard InChI is InChI=1S/C19H24N4O2/c1-11-9-22(10-12(2)25-11)19-13(3)14(4)20-18-8-17(21-23(18)19)16-6-7-24-15(16)5/h6-8,11-12H,9-10H2,1-5H3/t11-,12-/m1/s1. The van der Waals surface area contributed by atoms with Gasteiger partial charge in [0.25, 0.3) is 0 Å². The van der Waals surface area contributed by atoms with E-state index in [2.05, 4.69) is 32.6 Å². The predicted octanol–water partition coefficient (Wildman–Crippen LogP) is 3.53. The summed E-state index contributed by atoms with van der Waals surface area (Å²) in [5.41, 5.74) is 4.95. The average Bonchev–Trinajstić information content (AvgIpc) is 3.13. The van der Waals surface area contributed by atoms with Gasteiger partial charge in [-0.3, -0.25) is 0 Å². The number of aryl methyl sites for hydroxylation is 2. The first kappa shape index (κ1) is 16.1. The number of anilines is 1. The lowest BCUT2D eigenvalue weighted by molar-refractivity contribution is -0.00561. The van der Waals surface area contributed by atoms with Crippen LogP contribution in [0.25, 0.3) is 16.9 Å². The summed E-state index contributed by atoms with van der Waals surface area (Å²) in [5, 5.41) is 4.85. The van der Waals surface area contributed by atoms with Crippen LogP contribution in [0.4, 0.5) is 5.82 Å². The third-order valence-electron chi connectivity index (χ3n) is 4.91. The first-order valence-corrected chi connectivity index (χ1v) is 8.76. The second-order valence-electron chi connectivity index (χ2n) is 7.00. The number of hydrogen-bond acceptors (Lipinski definition) is 5. The van der Waals surface area contributed by atoms with Crippen molar-refractivity contribution in [2.24, 2.45) is 0 Å². The van der Waals surface area contributed by atoms with Crippen molar-refractivity contribution in [3.05, 3.63) is 35.4 Å². The van der Waals surface area contributed by atoms with Crippen LogP contribution in [0.1, 0.15) is 30.9 Å². The summed E-state index contributed by atoms with van der Waals surface area (Å²) in [6.07, 6.45) is 2.08. The molecule has 1 fully saturated rings. The van der Waals surface area contributed by atoms with Crippen molar-refractivity contribution in [3.8, 4) is 11.3 Å². The van der Waals surface area contributed by atoms with Crippen LogP contribution in [0, 0.1) is 20.8 Å². The van der Waals surface area contributed by atoms with E-state index in [1.807, 2.05) is 23.6 Å². The summed E-state index contributed by atoms with van der Waals surface area (Å²) >= 11 is 0. The Balaban J connectivity index is 1.89. The van der Waals surface area contributed by atoms with Crippen molar-refractivity contribution >= 4 is 11.5 Å². The molecule has 1 saturated heterocycles. The highest BCUT2D eigenvalue weighted by atomic mass is 16.5. The van der Waals surface area contributed by atoms with Gasteiger partial charge in [0.2, 0.25) is 0 Å². The van der Waals surface area contributed by atoms with Crippen LogP contribution in [-0.4, -0.2) is 39.9 Å². The van der Waals surface area contributed by atoms with Crippen LogP contribution < -0.4 is 4.90 Å². The fraction of sp³-hybridized carbons (Fsp3) is 0.474. The predicted molar refractivity (Wildman–Crippen MR) is 97.1 cm³/mol. The van der Waals surface area contributed by atoms with Crippen molar-refractivity contribution in [3.63, 3.8) is 0 Å². The zero-order valence-electron chi connectivity index (χ0n) is 15.4. The molecule has 3 aromatic heterocycles. The normalized spacial score (nSPS) is 21.2. The first-order valence-electron chi connectivity index (χ1n) is 8.76. The molecule has 25 heavy (non-hydrogen) atoms. The number of hydrogen-bond donors (Lipinski definition) is 0. The minimum Gasteiger partial charge on any atom is -0.469 e. The highest BCUT2D eigenvalue weighted by Gasteiger charge is 2.27. The minimum atomic E-state index is 0.192. The third-order valence-corrected chi connectivity index (χ3v) is 4.91. The largest absolute Gasteiger partial charge is 0.469 e. The fourth-order valence-electron chi connectivity index (χ4n) is 3.69. The molecule has 0 amide bonds. The number of rotatable bonds is 2. The Kier molecular flexibility index (Phi) is 3.80. The molecule has 0 bridgehead atoms. The molecule has 6 nitrogen and oxygen atoms in total. The number of nitrogens with zero attached hydrogens (tertiary/aromatic N) is 4. The van der Waals surface area contributed by atoms with Crippen LogP contribution >= 0.6 is 0 Å². The van der Waals surface area contributed by atoms with E-state index in [9.17, 15) is 0 Å². The molecular weight excluding hydrogens is 316 g/mol. The van der Waals surface area contributed by atoms with Gasteiger partial charge in [0.05, 0.1) is 24.2 Å². The zero-order valence-corrected chi connectivity index (χ0v) is 15.4. The Bertz CT molecular complexity index is 917. The molecule has 1 aliphatic rings. The van der Waals surface area contributed by atoms with Crippen LogP contribution in [0.15, 0.2) is 22.8 Å². The molecule has 4 heterocycles. The molecular formula is C19H24N4O2. The maximum Gasteiger partial charge on any atom is 0.158 e. The number of ether oxygens (including phenoxy) is 1. The molecule has 0 radical (unpaired) electrons. The monoisotopic (exact) mass is 340 g/mol. The van der Waals surface area contributed by atoms with Crippen molar-refractivity contribution in [2.75, 3.05) is 18.0 Å². The van der Waals surface area contributed by atoms with Crippen LogP contribution in [-0.2, 0) is 4.74 Å². The Morgan fingerprint density at radius 3 is 2.48 bits per heavy atom. The van der Waals surface area contributed by atoms with Crippen LogP contribution in [0.3, 0.4) is 0 Å². The molecule has 4 rings (SSSR count). The molecule has 0 N–H and O–H groups in total. The Morgan fingerprint density at radius 1 is 1.12 bits per heavy atom. The third kappa shape index (κ3) is 2.70. The zero-order chi connectivity index (χ0) is 17.7. The summed E-state index contributed by atoms with van der Waals surface area (Å²) in [5.74, 6) is 1.98. The highest BCUT2D eigenvalue weighted by Crippen LogP contribution is 2.30. The average molecular weight is 340 g/mol. The molecule has 132 valence electrons. The molecule has 1 aliphatic heterocycles. The lowest BCUT2D eigenvalue weighted by atomic mass is 10.2. The lowest BCUT2D eigenvalue weighted by Crippen LogP contribution is -2.46. The number of morpholine rings is 1. The molecule has 6 heteroatoms. The lowest BCUT2D eigenvalue weighted by Gasteiger charge is -2.37. The second-order valence-corrected chi connectivity index (χ2v) is 7.00. The molecule has 0 saturated carbocycles. The van der Waals surface area contributed by atoms with Gasteiger partial charge in [0.1, 0.15) is 11.6 Å². The van der Waals surface area contributed by atoms with E-state index in [1.165, 1.54) is 0 Å². The molecule has 3 aromatic rings. The minimum absolute atomic E-state index is 0.192. The highest BCUT2D eigenvalue weighted by molar-refractivity contribution is 5.68. The summed E-state index contributed by atoms with van der Waals surface area (Å²) in [4.78, 5) is 7.11. The Hall–Kier alpha value is -2.34. The van der Waals surface area contributed by atoms with E-state index < -0.39 is 0 Å². The van der Waals surface area contributed by atoms with Gasteiger partial charge >= 0.3 is 0 Å². The molecule has 0 unspecified atom stereocenters. The van der Waals surface area contributed by atoms with Gasteiger partial charge < -0.3 is 14.1 Å². The Morgan fingerprint density at radius 2 is 1.84 bits per heavy atom. The van der Waals surface area contributed by atoms with Crippen molar-refractivity contribution in [1.82, 2.24) is 14.6 Å². The van der Waals surface area contributed by atoms with E-state index in [1.54, 1.807) is 6.26 Å². The van der Waals surface area contributed by atoms with Gasteiger partial charge in [0.15, 0.2) is 5.65 Å². The van der Waals surface area contributed by atoms with Gasteiger partial charge in [-0.25, -0.2) is 4.98 Å². The van der Waals surface area contributed by atoms with Gasteiger partial charge in [-0.05, 0) is 40.7 Å². The quantitative estimate of drug-likeness (QED) is 0.714. The van der Waals surface area contributed by atoms with E-state index in [0.717, 1.165) is 52.8 Å². The first-order chi connectivity index (χ1) is 11.9. The maximum absolute atomic E-state index is 5.90. The topological polar surface area (TPSA) is 55.8 Å². The van der Waals surface area contributed by atoms with Crippen LogP contribution in [0.2, 0.25) is 0 Å². The van der Waals surface area contributed by atoms with E-state index in [4.69, 9.17) is 19.2 Å². The summed E-state index contributed by atoms with van der Waals surface area (Å²) in [6, 6.07) is 3.98. The van der Waals surface area contributed by atoms with Crippen molar-refractivity contribution in [2.45, 2.75) is 46.8 Å². The smallest absolute Gasteiger partial charge is 0.158 e. The van der Waals surface area contributed by atoms with E-state index in [-0.39, 0.29) is 12.2 Å². The number of fused-ring (bicyclic) bond motifs is 1. The number of aromatic nitrogens is 3. The second kappa shape index (κ2) is 5.88. The van der Waals surface area contributed by atoms with Gasteiger partial charge in [-0.2, -0.15) is 9.61 Å². The van der Waals surface area contributed by atoms with Crippen molar-refractivity contribution in [1.29, 1.82) is 0 Å². The summed E-state index contributed by atoms with van der Waals surface area (Å²) in [6.45, 7) is 12.1. The van der Waals surface area contributed by atoms with Crippen molar-refractivity contribution < 1.29 is 9.15 Å². The maximum atomic E-state index is 5.90. The fourth-order valence-corrected chi connectivity index (χ4v) is 3.69. The SMILES string of the molecule is Cc1nc2cc(-c3ccoc3C)nn2c(N2C[C@@H](C)O[C@H](C)C2)c1C. The molecule has 2 atom stereocenters. The summed E-state index contributed by atoms with van der Waals surface area (Å²) in [7, 11) is 0. The van der Waals surface area contributed by atoms with Gasteiger partial charge in [0, 0.05) is 36.0 Å². The van der Waals surface area contributed by atoms with E-state index >= 15 is 0 Å². The number of furan rings is 1. The molecule has 0 aromatic carbocycles. The van der Waals surface area contributed by atoms with Gasteiger partial charge in [-0.15, -0.1) is 0 Å².